The molecular weight excluding hydrogens is 236 g/mol. The number of rotatable bonds is 0. The Morgan fingerprint density at radius 3 is 2.56 bits per heavy atom. The Labute approximate surface area is 107 Å². The van der Waals surface area contributed by atoms with Crippen molar-refractivity contribution in [3.8, 4) is 0 Å². The van der Waals surface area contributed by atoms with Crippen LogP contribution in [0, 0.1) is 0 Å². The van der Waals surface area contributed by atoms with Gasteiger partial charge in [0.25, 0.3) is 0 Å². The first kappa shape index (κ1) is 13.6. The van der Waals surface area contributed by atoms with Gasteiger partial charge >= 0.3 is 6.09 Å². The molecule has 0 aliphatic carbocycles. The minimum Gasteiger partial charge on any atom is -0.444 e. The summed E-state index contributed by atoms with van der Waals surface area (Å²) in [6.07, 6.45) is -1.15. The van der Waals surface area contributed by atoms with Crippen molar-refractivity contribution in [1.29, 1.82) is 0 Å². The molecule has 0 spiro atoms. The molecule has 2 saturated heterocycles. The van der Waals surface area contributed by atoms with Gasteiger partial charge in [-0.25, -0.2) is 4.79 Å². The first-order chi connectivity index (χ1) is 8.09. The van der Waals surface area contributed by atoms with Crippen LogP contribution in [0.25, 0.3) is 0 Å². The molecule has 2 aliphatic rings. The predicted octanol–water partition coefficient (Wildman–Crippen LogP) is 1.04. The molecule has 0 aromatic heterocycles. The number of amides is 1. The van der Waals surface area contributed by atoms with Crippen LogP contribution in [-0.2, 0) is 14.2 Å². The fourth-order valence-electron chi connectivity index (χ4n) is 2.25. The van der Waals surface area contributed by atoms with Crippen LogP contribution in [0.1, 0.15) is 34.6 Å². The first-order valence-electron chi connectivity index (χ1n) is 6.20. The molecule has 0 bridgehead atoms. The zero-order chi connectivity index (χ0) is 13.7. The van der Waals surface area contributed by atoms with E-state index in [4.69, 9.17) is 19.9 Å². The number of nitrogens with two attached hydrogens (primary N) is 1. The highest BCUT2D eigenvalue weighted by Gasteiger charge is 2.54. The molecule has 0 saturated carbocycles. The predicted molar refractivity (Wildman–Crippen MR) is 64.7 cm³/mol. The molecule has 2 N–H and O–H groups in total. The molecule has 2 fully saturated rings. The van der Waals surface area contributed by atoms with E-state index in [1.807, 2.05) is 34.6 Å². The number of hydrogen-bond donors (Lipinski definition) is 1. The second-order valence-electron chi connectivity index (χ2n) is 6.29. The third-order valence-electron chi connectivity index (χ3n) is 2.87. The highest BCUT2D eigenvalue weighted by Crippen LogP contribution is 2.36. The van der Waals surface area contributed by atoms with Crippen LogP contribution in [0.4, 0.5) is 4.79 Å². The molecule has 6 nitrogen and oxygen atoms in total. The number of carbonyl (C=O) groups excluding carboxylic acids is 1. The van der Waals surface area contributed by atoms with Crippen molar-refractivity contribution < 1.29 is 19.0 Å². The van der Waals surface area contributed by atoms with E-state index in [9.17, 15) is 4.79 Å². The van der Waals surface area contributed by atoms with Crippen molar-refractivity contribution in [2.24, 2.45) is 5.73 Å². The van der Waals surface area contributed by atoms with Crippen molar-refractivity contribution in [3.63, 3.8) is 0 Å². The highest BCUT2D eigenvalue weighted by atomic mass is 16.8. The van der Waals surface area contributed by atoms with E-state index in [1.165, 1.54) is 4.90 Å². The lowest BCUT2D eigenvalue weighted by atomic mass is 10.2. The van der Waals surface area contributed by atoms with Gasteiger partial charge in [-0.1, -0.05) is 0 Å². The van der Waals surface area contributed by atoms with Gasteiger partial charge in [0.05, 0.1) is 6.04 Å². The van der Waals surface area contributed by atoms with Crippen LogP contribution in [0.15, 0.2) is 0 Å². The van der Waals surface area contributed by atoms with Gasteiger partial charge in [-0.3, -0.25) is 4.90 Å². The summed E-state index contributed by atoms with van der Waals surface area (Å²) >= 11 is 0. The van der Waals surface area contributed by atoms with Gasteiger partial charge in [0, 0.05) is 6.54 Å². The Bertz CT molecular complexity index is 350. The summed E-state index contributed by atoms with van der Waals surface area (Å²) in [6, 6.07) is -0.246. The standard InChI is InChI=1S/C12H22N2O4/c1-11(2,3)18-10(15)14-6-7(13)8-9(14)17-12(4,5)16-8/h7-9H,6,13H2,1-5H3/t7-,8+,9+/m0/s1. The molecule has 2 aliphatic heterocycles. The topological polar surface area (TPSA) is 74.0 Å². The summed E-state index contributed by atoms with van der Waals surface area (Å²) in [5.74, 6) is -0.715. The van der Waals surface area contributed by atoms with E-state index in [1.54, 1.807) is 0 Å². The van der Waals surface area contributed by atoms with Crippen molar-refractivity contribution >= 4 is 6.09 Å². The number of hydrogen-bond acceptors (Lipinski definition) is 5. The van der Waals surface area contributed by atoms with Gasteiger partial charge in [0.1, 0.15) is 11.7 Å². The average Bonchev–Trinajstić information content (AvgIpc) is 2.59. The highest BCUT2D eigenvalue weighted by molar-refractivity contribution is 5.69. The van der Waals surface area contributed by atoms with Gasteiger partial charge in [-0.05, 0) is 34.6 Å². The van der Waals surface area contributed by atoms with Crippen LogP contribution in [0.3, 0.4) is 0 Å². The Balaban J connectivity index is 2.09. The molecule has 0 aromatic rings. The SMILES string of the molecule is CC(C)(C)OC(=O)N1C[C@H](N)[C@H]2OC(C)(C)O[C@H]21. The summed E-state index contributed by atoms with van der Waals surface area (Å²) < 4.78 is 16.8. The van der Waals surface area contributed by atoms with Gasteiger partial charge in [0.2, 0.25) is 0 Å². The summed E-state index contributed by atoms with van der Waals surface area (Å²) in [7, 11) is 0. The van der Waals surface area contributed by atoms with Crippen molar-refractivity contribution in [1.82, 2.24) is 4.90 Å². The fraction of sp³-hybridized carbons (Fsp3) is 0.917. The summed E-state index contributed by atoms with van der Waals surface area (Å²) in [4.78, 5) is 13.6. The fourth-order valence-corrected chi connectivity index (χ4v) is 2.25. The molecule has 2 heterocycles. The second kappa shape index (κ2) is 4.08. The normalized spacial score (nSPS) is 34.6. The number of fused-ring (bicyclic) bond motifs is 1. The van der Waals surface area contributed by atoms with Gasteiger partial charge in [-0.15, -0.1) is 0 Å². The largest absolute Gasteiger partial charge is 0.444 e. The maximum absolute atomic E-state index is 12.1. The van der Waals surface area contributed by atoms with Crippen molar-refractivity contribution in [2.75, 3.05) is 6.54 Å². The Morgan fingerprint density at radius 1 is 1.39 bits per heavy atom. The molecule has 104 valence electrons. The second-order valence-corrected chi connectivity index (χ2v) is 6.29. The van der Waals surface area contributed by atoms with E-state index in [0.717, 1.165) is 0 Å². The number of nitrogens with zero attached hydrogens (tertiary/aromatic N) is 1. The number of carbonyl (C=O) groups is 1. The molecular formula is C12H22N2O4. The molecule has 0 unspecified atom stereocenters. The summed E-state index contributed by atoms with van der Waals surface area (Å²) in [6.45, 7) is 9.49. The lowest BCUT2D eigenvalue weighted by molar-refractivity contribution is -0.167. The number of likely N-dealkylation sites (tertiary alicyclic amines) is 1. The number of ether oxygens (including phenoxy) is 3. The van der Waals surface area contributed by atoms with Gasteiger partial charge < -0.3 is 19.9 Å². The summed E-state index contributed by atoms with van der Waals surface area (Å²) in [5, 5.41) is 0. The summed E-state index contributed by atoms with van der Waals surface area (Å²) in [5.41, 5.74) is 5.45. The zero-order valence-electron chi connectivity index (χ0n) is 11.6. The van der Waals surface area contributed by atoms with E-state index in [2.05, 4.69) is 0 Å². The van der Waals surface area contributed by atoms with Crippen LogP contribution in [0.5, 0.6) is 0 Å². The lowest BCUT2D eigenvalue weighted by Crippen LogP contribution is -2.42. The van der Waals surface area contributed by atoms with Crippen LogP contribution in [-0.4, -0.2) is 47.3 Å². The van der Waals surface area contributed by atoms with Gasteiger partial charge in [-0.2, -0.15) is 0 Å². The molecule has 0 aromatic carbocycles. The average molecular weight is 258 g/mol. The lowest BCUT2D eigenvalue weighted by Gasteiger charge is -2.28. The third-order valence-corrected chi connectivity index (χ3v) is 2.87. The third kappa shape index (κ3) is 2.60. The quantitative estimate of drug-likeness (QED) is 0.702. The Hall–Kier alpha value is -0.850. The molecule has 1 amide bonds. The maximum atomic E-state index is 12.1. The minimum absolute atomic E-state index is 0.246. The molecule has 6 heteroatoms. The van der Waals surface area contributed by atoms with Crippen molar-refractivity contribution in [2.45, 2.75) is 64.4 Å². The van der Waals surface area contributed by atoms with Crippen LogP contribution >= 0.6 is 0 Å². The van der Waals surface area contributed by atoms with E-state index >= 15 is 0 Å². The van der Waals surface area contributed by atoms with Crippen molar-refractivity contribution in [3.05, 3.63) is 0 Å². The monoisotopic (exact) mass is 258 g/mol. The van der Waals surface area contributed by atoms with Crippen LogP contribution in [0.2, 0.25) is 0 Å². The first-order valence-corrected chi connectivity index (χ1v) is 6.20. The molecule has 3 atom stereocenters. The smallest absolute Gasteiger partial charge is 0.412 e. The Morgan fingerprint density at radius 2 is 2.00 bits per heavy atom. The zero-order valence-corrected chi connectivity index (χ0v) is 11.6. The maximum Gasteiger partial charge on any atom is 0.412 e. The van der Waals surface area contributed by atoms with E-state index in [-0.39, 0.29) is 12.1 Å². The Kier molecular flexibility index (Phi) is 3.08. The van der Waals surface area contributed by atoms with E-state index < -0.39 is 23.7 Å². The molecule has 2 rings (SSSR count). The van der Waals surface area contributed by atoms with E-state index in [0.29, 0.717) is 6.54 Å². The molecule has 0 radical (unpaired) electrons. The van der Waals surface area contributed by atoms with Gasteiger partial charge in [0.15, 0.2) is 12.0 Å². The minimum atomic E-state index is -0.715. The van der Waals surface area contributed by atoms with Crippen LogP contribution < -0.4 is 5.73 Å². The molecule has 18 heavy (non-hydrogen) atoms.